The molecule has 37 heavy (non-hydrogen) atoms. The molecule has 0 saturated carbocycles. The van der Waals surface area contributed by atoms with Crippen LogP contribution in [-0.4, -0.2) is 29.1 Å². The molecule has 0 saturated heterocycles. The maximum atomic E-state index is 13.5. The van der Waals surface area contributed by atoms with E-state index in [1.165, 1.54) is 4.68 Å². The van der Waals surface area contributed by atoms with E-state index in [1.54, 1.807) is 30.5 Å². The fraction of sp³-hybridized carbons (Fsp3) is 0.107. The third-order valence-corrected chi connectivity index (χ3v) is 6.75. The predicted octanol–water partition coefficient (Wildman–Crippen LogP) is 7.02. The summed E-state index contributed by atoms with van der Waals surface area (Å²) in [4.78, 5) is 18.3. The van der Waals surface area contributed by atoms with Crippen molar-refractivity contribution in [3.8, 4) is 23.1 Å². The van der Waals surface area contributed by atoms with Crippen LogP contribution in [0.1, 0.15) is 12.5 Å². The number of ether oxygens (including phenoxy) is 2. The first-order valence-electron chi connectivity index (χ1n) is 11.4. The van der Waals surface area contributed by atoms with Gasteiger partial charge in [-0.05, 0) is 83.6 Å². The summed E-state index contributed by atoms with van der Waals surface area (Å²) in [5, 5.41) is 5.90. The number of benzene rings is 3. The number of fused-ring (bicyclic) bond motifs is 2. The fourth-order valence-corrected chi connectivity index (χ4v) is 5.01. The zero-order valence-electron chi connectivity index (χ0n) is 19.8. The van der Waals surface area contributed by atoms with Gasteiger partial charge in [-0.25, -0.2) is 4.98 Å². The lowest BCUT2D eigenvalue weighted by Gasteiger charge is -2.13. The molecule has 0 radical (unpaired) electrons. The molecular weight excluding hydrogens is 649 g/mol. The van der Waals surface area contributed by atoms with Crippen LogP contribution in [-0.2, 0) is 0 Å². The van der Waals surface area contributed by atoms with Crippen molar-refractivity contribution >= 4 is 66.6 Å². The molecule has 0 aliphatic heterocycles. The van der Waals surface area contributed by atoms with Gasteiger partial charge in [0.2, 0.25) is 5.82 Å². The Bertz CT molecular complexity index is 1720. The summed E-state index contributed by atoms with van der Waals surface area (Å²) in [6.45, 7) is 6.45. The lowest BCUT2D eigenvalue weighted by molar-refractivity contribution is 0.295. The Labute approximate surface area is 234 Å². The monoisotopic (exact) mass is 669 g/mol. The van der Waals surface area contributed by atoms with Crippen molar-refractivity contribution in [1.29, 1.82) is 0 Å². The Kier molecular flexibility index (Phi) is 7.43. The standard InChI is InChI=1S/C28H21BrIN3O4/c1-3-11-36-26-21(30)12-17(13-24(26)35-4-2)16-31-33-27(32-22-8-6-5-7-20(22)28(33)34)25-15-18-14-19(29)9-10-23(18)37-25/h3,5-10,12-16H,1,4,11H2,2H3. The largest absolute Gasteiger partial charge is 0.490 e. The average Bonchev–Trinajstić information content (AvgIpc) is 3.31. The summed E-state index contributed by atoms with van der Waals surface area (Å²) in [6.07, 6.45) is 3.28. The van der Waals surface area contributed by atoms with E-state index in [4.69, 9.17) is 18.9 Å². The van der Waals surface area contributed by atoms with Gasteiger partial charge in [0.05, 0.1) is 27.3 Å². The number of hydrogen-bond acceptors (Lipinski definition) is 6. The Balaban J connectivity index is 1.65. The summed E-state index contributed by atoms with van der Waals surface area (Å²) in [6, 6.07) is 18.5. The van der Waals surface area contributed by atoms with E-state index in [9.17, 15) is 4.79 Å². The van der Waals surface area contributed by atoms with Crippen molar-refractivity contribution in [2.45, 2.75) is 6.92 Å². The summed E-state index contributed by atoms with van der Waals surface area (Å²) in [5.41, 5.74) is 1.68. The molecule has 0 spiro atoms. The molecule has 7 nitrogen and oxygen atoms in total. The average molecular weight is 670 g/mol. The molecule has 9 heteroatoms. The minimum Gasteiger partial charge on any atom is -0.490 e. The highest BCUT2D eigenvalue weighted by Gasteiger charge is 2.17. The maximum absolute atomic E-state index is 13.5. The summed E-state index contributed by atoms with van der Waals surface area (Å²) < 4.78 is 20.7. The molecule has 0 amide bonds. The van der Waals surface area contributed by atoms with Gasteiger partial charge >= 0.3 is 0 Å². The molecule has 2 aromatic heterocycles. The zero-order chi connectivity index (χ0) is 25.9. The van der Waals surface area contributed by atoms with E-state index in [0.29, 0.717) is 52.8 Å². The maximum Gasteiger partial charge on any atom is 0.282 e. The van der Waals surface area contributed by atoms with E-state index in [1.807, 2.05) is 49.4 Å². The number of para-hydroxylation sites is 1. The van der Waals surface area contributed by atoms with Gasteiger partial charge in [-0.2, -0.15) is 9.78 Å². The van der Waals surface area contributed by atoms with Crippen LogP contribution in [0.3, 0.4) is 0 Å². The molecule has 0 aliphatic carbocycles. The first-order chi connectivity index (χ1) is 18.0. The zero-order valence-corrected chi connectivity index (χ0v) is 23.5. The van der Waals surface area contributed by atoms with Crippen molar-refractivity contribution in [1.82, 2.24) is 9.66 Å². The van der Waals surface area contributed by atoms with Gasteiger partial charge in [0.25, 0.3) is 5.56 Å². The van der Waals surface area contributed by atoms with Crippen LogP contribution in [0.15, 0.2) is 92.1 Å². The molecule has 0 aliphatic rings. The summed E-state index contributed by atoms with van der Waals surface area (Å²) in [5.74, 6) is 1.96. The smallest absolute Gasteiger partial charge is 0.282 e. The fourth-order valence-electron chi connectivity index (χ4n) is 3.85. The molecule has 0 N–H and O–H groups in total. The molecule has 0 unspecified atom stereocenters. The first kappa shape index (κ1) is 25.2. The van der Waals surface area contributed by atoms with Crippen LogP contribution in [0.5, 0.6) is 11.5 Å². The molecule has 5 rings (SSSR count). The number of nitrogens with zero attached hydrogens (tertiary/aromatic N) is 3. The molecule has 0 bridgehead atoms. The van der Waals surface area contributed by atoms with E-state index in [0.717, 1.165) is 19.0 Å². The highest BCUT2D eigenvalue weighted by atomic mass is 127. The van der Waals surface area contributed by atoms with Crippen molar-refractivity contribution in [3.63, 3.8) is 0 Å². The summed E-state index contributed by atoms with van der Waals surface area (Å²) in [7, 11) is 0. The first-order valence-corrected chi connectivity index (χ1v) is 13.3. The molecule has 3 aromatic carbocycles. The van der Waals surface area contributed by atoms with Gasteiger partial charge in [0.15, 0.2) is 17.3 Å². The second kappa shape index (κ2) is 10.9. The Hall–Kier alpha value is -3.44. The van der Waals surface area contributed by atoms with Gasteiger partial charge in [0, 0.05) is 9.86 Å². The Morgan fingerprint density at radius 1 is 1.16 bits per heavy atom. The van der Waals surface area contributed by atoms with E-state index in [-0.39, 0.29) is 5.56 Å². The van der Waals surface area contributed by atoms with Crippen molar-refractivity contribution in [2.24, 2.45) is 5.10 Å². The number of aromatic nitrogens is 2. The highest BCUT2D eigenvalue weighted by Crippen LogP contribution is 2.34. The van der Waals surface area contributed by atoms with E-state index >= 15 is 0 Å². The van der Waals surface area contributed by atoms with Crippen LogP contribution >= 0.6 is 38.5 Å². The molecular formula is C28H21BrIN3O4. The topological polar surface area (TPSA) is 78.9 Å². The van der Waals surface area contributed by atoms with Crippen LogP contribution in [0.25, 0.3) is 33.5 Å². The van der Waals surface area contributed by atoms with E-state index < -0.39 is 0 Å². The van der Waals surface area contributed by atoms with Crippen molar-refractivity contribution in [2.75, 3.05) is 13.2 Å². The van der Waals surface area contributed by atoms with Crippen LogP contribution < -0.4 is 15.0 Å². The van der Waals surface area contributed by atoms with E-state index in [2.05, 4.69) is 50.2 Å². The minimum atomic E-state index is -0.302. The number of furan rings is 1. The van der Waals surface area contributed by atoms with Gasteiger partial charge in [-0.3, -0.25) is 4.79 Å². The number of hydrogen-bond donors (Lipinski definition) is 0. The molecule has 5 aromatic rings. The lowest BCUT2D eigenvalue weighted by atomic mass is 10.2. The Morgan fingerprint density at radius 3 is 2.81 bits per heavy atom. The third-order valence-electron chi connectivity index (χ3n) is 5.45. The molecule has 186 valence electrons. The van der Waals surface area contributed by atoms with Crippen LogP contribution in [0.4, 0.5) is 0 Å². The SMILES string of the molecule is C=CCOc1c(I)cc(C=Nn2c(-c3cc4cc(Br)ccc4o3)nc3ccccc3c2=O)cc1OCC. The second-order valence-corrected chi connectivity index (χ2v) is 10.0. The Morgan fingerprint density at radius 2 is 2.00 bits per heavy atom. The second-order valence-electron chi connectivity index (χ2n) is 7.97. The molecule has 0 atom stereocenters. The van der Waals surface area contributed by atoms with Crippen LogP contribution in [0.2, 0.25) is 0 Å². The molecule has 2 heterocycles. The predicted molar refractivity (Wildman–Crippen MR) is 158 cm³/mol. The molecule has 0 fully saturated rings. The van der Waals surface area contributed by atoms with Crippen LogP contribution in [0, 0.1) is 3.57 Å². The highest BCUT2D eigenvalue weighted by molar-refractivity contribution is 14.1. The van der Waals surface area contributed by atoms with Gasteiger partial charge < -0.3 is 13.9 Å². The third kappa shape index (κ3) is 5.19. The van der Waals surface area contributed by atoms with Crippen molar-refractivity contribution in [3.05, 3.63) is 97.3 Å². The summed E-state index contributed by atoms with van der Waals surface area (Å²) >= 11 is 5.68. The van der Waals surface area contributed by atoms with Gasteiger partial charge in [-0.15, -0.1) is 0 Å². The minimum absolute atomic E-state index is 0.302. The normalized spacial score (nSPS) is 11.4. The van der Waals surface area contributed by atoms with Gasteiger partial charge in [0.1, 0.15) is 12.2 Å². The lowest BCUT2D eigenvalue weighted by Crippen LogP contribution is -2.20. The van der Waals surface area contributed by atoms with Gasteiger partial charge in [-0.1, -0.05) is 40.7 Å². The van der Waals surface area contributed by atoms with Crippen molar-refractivity contribution < 1.29 is 13.9 Å². The quantitative estimate of drug-likeness (QED) is 0.101. The number of halogens is 2. The number of rotatable bonds is 8.